The molecule has 4 heterocycles. The second-order valence-corrected chi connectivity index (χ2v) is 8.35. The van der Waals surface area contributed by atoms with Crippen LogP contribution in [-0.2, 0) is 0 Å². The summed E-state index contributed by atoms with van der Waals surface area (Å²) < 4.78 is 28.0. The van der Waals surface area contributed by atoms with Crippen LogP contribution in [0.25, 0.3) is 33.5 Å². The van der Waals surface area contributed by atoms with Crippen molar-refractivity contribution in [1.29, 1.82) is 0 Å². The van der Waals surface area contributed by atoms with Gasteiger partial charge >= 0.3 is 0 Å². The normalized spacial score (nSPS) is 16.4. The largest absolute Gasteiger partial charge is 0.383 e. The molecule has 1 aliphatic rings. The van der Waals surface area contributed by atoms with E-state index in [0.717, 1.165) is 36.9 Å². The van der Waals surface area contributed by atoms with Crippen molar-refractivity contribution in [3.8, 4) is 22.5 Å². The lowest BCUT2D eigenvalue weighted by atomic mass is 10.00. The summed E-state index contributed by atoms with van der Waals surface area (Å²) in [5.41, 5.74) is 3.94. The molecule has 0 amide bonds. The minimum absolute atomic E-state index is 0.101. The summed E-state index contributed by atoms with van der Waals surface area (Å²) in [6, 6.07) is 7.60. The van der Waals surface area contributed by atoms with E-state index in [-0.39, 0.29) is 10.6 Å². The van der Waals surface area contributed by atoms with Gasteiger partial charge in [-0.05, 0) is 56.1 Å². The van der Waals surface area contributed by atoms with Gasteiger partial charge in [0.15, 0.2) is 0 Å². The fraction of sp³-hybridized carbons (Fsp3) is 0.261. The lowest BCUT2D eigenvalue weighted by Gasteiger charge is -2.23. The first kappa shape index (κ1) is 20.8. The number of hydrogen-bond donors (Lipinski definition) is 3. The number of H-pyrrole nitrogens is 1. The standard InChI is InChI=1S/C23H21ClF2N6/c24-17-7-15(18(25)8-19(17)26)23-16(12-30-32-23)20-3-4-21-22(31-20)6-14(11-29-21)28-10-13-2-1-5-27-9-13/h3-4,6-8,11-13,27-28H,1-2,5,9-10H2,(H,30,32). The highest BCUT2D eigenvalue weighted by molar-refractivity contribution is 6.31. The Morgan fingerprint density at radius 2 is 2.00 bits per heavy atom. The molecule has 1 saturated heterocycles. The Labute approximate surface area is 188 Å². The maximum atomic E-state index is 14.4. The van der Waals surface area contributed by atoms with E-state index in [0.29, 0.717) is 28.4 Å². The van der Waals surface area contributed by atoms with Crippen LogP contribution in [0.2, 0.25) is 5.02 Å². The van der Waals surface area contributed by atoms with Crippen LogP contribution in [0.3, 0.4) is 0 Å². The smallest absolute Gasteiger partial charge is 0.144 e. The Balaban J connectivity index is 1.45. The van der Waals surface area contributed by atoms with Crippen molar-refractivity contribution in [2.24, 2.45) is 5.92 Å². The van der Waals surface area contributed by atoms with Crippen LogP contribution in [-0.4, -0.2) is 39.8 Å². The zero-order valence-electron chi connectivity index (χ0n) is 17.1. The summed E-state index contributed by atoms with van der Waals surface area (Å²) in [7, 11) is 0. The Bertz CT molecular complexity index is 1270. The quantitative estimate of drug-likeness (QED) is 0.369. The van der Waals surface area contributed by atoms with Gasteiger partial charge in [-0.1, -0.05) is 11.6 Å². The Kier molecular flexibility index (Phi) is 5.71. The molecule has 0 spiro atoms. The average Bonchev–Trinajstić information content (AvgIpc) is 3.30. The van der Waals surface area contributed by atoms with E-state index in [4.69, 9.17) is 16.6 Å². The molecule has 3 N–H and O–H groups in total. The lowest BCUT2D eigenvalue weighted by molar-refractivity contribution is 0.393. The van der Waals surface area contributed by atoms with Crippen LogP contribution in [0.4, 0.5) is 14.5 Å². The van der Waals surface area contributed by atoms with Crippen molar-refractivity contribution in [3.63, 3.8) is 0 Å². The molecular formula is C23H21ClF2N6. The molecule has 1 atom stereocenters. The Hall–Kier alpha value is -3.10. The first-order valence-electron chi connectivity index (χ1n) is 10.5. The summed E-state index contributed by atoms with van der Waals surface area (Å²) in [4.78, 5) is 9.22. The van der Waals surface area contributed by atoms with Crippen LogP contribution in [0, 0.1) is 17.6 Å². The van der Waals surface area contributed by atoms with Crippen LogP contribution in [0.15, 0.2) is 42.7 Å². The minimum Gasteiger partial charge on any atom is -0.383 e. The van der Waals surface area contributed by atoms with Crippen molar-refractivity contribution in [1.82, 2.24) is 25.5 Å². The van der Waals surface area contributed by atoms with E-state index in [1.165, 1.54) is 18.9 Å². The van der Waals surface area contributed by atoms with Crippen molar-refractivity contribution in [3.05, 3.63) is 59.4 Å². The average molecular weight is 455 g/mol. The number of aromatic amines is 1. The van der Waals surface area contributed by atoms with E-state index >= 15 is 0 Å². The predicted molar refractivity (Wildman–Crippen MR) is 122 cm³/mol. The van der Waals surface area contributed by atoms with Crippen molar-refractivity contribution in [2.45, 2.75) is 12.8 Å². The van der Waals surface area contributed by atoms with E-state index in [2.05, 4.69) is 25.8 Å². The second-order valence-electron chi connectivity index (χ2n) is 7.95. The summed E-state index contributed by atoms with van der Waals surface area (Å²) in [5, 5.41) is 13.6. The number of anilines is 1. The number of aromatic nitrogens is 4. The van der Waals surface area contributed by atoms with Crippen LogP contribution < -0.4 is 10.6 Å². The van der Waals surface area contributed by atoms with Crippen molar-refractivity contribution in [2.75, 3.05) is 25.0 Å². The van der Waals surface area contributed by atoms with Gasteiger partial charge in [-0.3, -0.25) is 10.1 Å². The molecule has 5 rings (SSSR count). The summed E-state index contributed by atoms with van der Waals surface area (Å²) >= 11 is 5.87. The molecule has 32 heavy (non-hydrogen) atoms. The fourth-order valence-corrected chi connectivity index (χ4v) is 4.17. The minimum atomic E-state index is -0.816. The van der Waals surface area contributed by atoms with Gasteiger partial charge in [-0.2, -0.15) is 5.10 Å². The van der Waals surface area contributed by atoms with E-state index < -0.39 is 11.6 Å². The molecule has 0 bridgehead atoms. The SMILES string of the molecule is Fc1cc(F)c(-c2n[nH]cc2-c2ccc3ncc(NCC4CCCNC4)cc3n2)cc1Cl. The second kappa shape index (κ2) is 8.80. The van der Waals surface area contributed by atoms with Crippen LogP contribution >= 0.6 is 11.6 Å². The molecule has 4 aromatic rings. The summed E-state index contributed by atoms with van der Waals surface area (Å²) in [5.74, 6) is -0.972. The van der Waals surface area contributed by atoms with Gasteiger partial charge in [-0.15, -0.1) is 0 Å². The molecule has 0 aliphatic carbocycles. The van der Waals surface area contributed by atoms with Gasteiger partial charge in [0.05, 0.1) is 33.6 Å². The summed E-state index contributed by atoms with van der Waals surface area (Å²) in [6.45, 7) is 2.98. The molecule has 1 unspecified atom stereocenters. The van der Waals surface area contributed by atoms with Gasteiger partial charge in [0.1, 0.15) is 17.3 Å². The molecule has 9 heteroatoms. The van der Waals surface area contributed by atoms with Gasteiger partial charge in [0.25, 0.3) is 0 Å². The predicted octanol–water partition coefficient (Wildman–Crippen LogP) is 5.03. The van der Waals surface area contributed by atoms with E-state index in [1.807, 2.05) is 12.1 Å². The maximum absolute atomic E-state index is 14.4. The van der Waals surface area contributed by atoms with Crippen molar-refractivity contribution >= 4 is 28.3 Å². The molecule has 1 aliphatic heterocycles. The first-order valence-corrected chi connectivity index (χ1v) is 10.9. The monoisotopic (exact) mass is 454 g/mol. The molecule has 6 nitrogen and oxygen atoms in total. The molecular weight excluding hydrogens is 434 g/mol. The van der Waals surface area contributed by atoms with Gasteiger partial charge in [0, 0.05) is 29.9 Å². The zero-order valence-corrected chi connectivity index (χ0v) is 17.9. The van der Waals surface area contributed by atoms with Gasteiger partial charge in [-0.25, -0.2) is 13.8 Å². The lowest BCUT2D eigenvalue weighted by Crippen LogP contribution is -2.33. The fourth-order valence-electron chi connectivity index (χ4n) is 4.01. The molecule has 164 valence electrons. The zero-order chi connectivity index (χ0) is 22.1. The number of pyridine rings is 2. The third kappa shape index (κ3) is 4.16. The maximum Gasteiger partial charge on any atom is 0.144 e. The third-order valence-corrected chi connectivity index (χ3v) is 6.00. The van der Waals surface area contributed by atoms with Crippen LogP contribution in [0.1, 0.15) is 12.8 Å². The Morgan fingerprint density at radius 3 is 2.84 bits per heavy atom. The van der Waals surface area contributed by atoms with Gasteiger partial charge in [0.2, 0.25) is 0 Å². The number of fused-ring (bicyclic) bond motifs is 1. The molecule has 3 aromatic heterocycles. The number of piperidine rings is 1. The first-order chi connectivity index (χ1) is 15.6. The highest BCUT2D eigenvalue weighted by Crippen LogP contribution is 2.34. The number of nitrogens with zero attached hydrogens (tertiary/aromatic N) is 3. The number of hydrogen-bond acceptors (Lipinski definition) is 5. The third-order valence-electron chi connectivity index (χ3n) is 5.71. The number of benzene rings is 1. The highest BCUT2D eigenvalue weighted by Gasteiger charge is 2.18. The molecule has 1 fully saturated rings. The number of rotatable bonds is 5. The summed E-state index contributed by atoms with van der Waals surface area (Å²) in [6.07, 6.45) is 5.84. The Morgan fingerprint density at radius 1 is 1.09 bits per heavy atom. The van der Waals surface area contributed by atoms with E-state index in [1.54, 1.807) is 18.5 Å². The van der Waals surface area contributed by atoms with Gasteiger partial charge < -0.3 is 10.6 Å². The number of nitrogens with one attached hydrogen (secondary N) is 3. The van der Waals surface area contributed by atoms with E-state index in [9.17, 15) is 8.78 Å². The molecule has 0 radical (unpaired) electrons. The van der Waals surface area contributed by atoms with Crippen molar-refractivity contribution < 1.29 is 8.78 Å². The topological polar surface area (TPSA) is 78.5 Å². The molecule has 1 aromatic carbocycles. The molecule has 0 saturated carbocycles. The number of halogens is 3. The van der Waals surface area contributed by atoms with Crippen LogP contribution in [0.5, 0.6) is 0 Å². The highest BCUT2D eigenvalue weighted by atomic mass is 35.5.